The minimum Gasteiger partial charge on any atom is -0.462 e. The van der Waals surface area contributed by atoms with Crippen LogP contribution in [0.3, 0.4) is 0 Å². The van der Waals surface area contributed by atoms with Crippen LogP contribution in [0, 0.1) is 13.8 Å². The molecular weight excluding hydrogens is 548 g/mol. The number of nitrogens with zero attached hydrogens (tertiary/aromatic N) is 2. The molecule has 6 heteroatoms. The van der Waals surface area contributed by atoms with Gasteiger partial charge in [-0.2, -0.15) is 0 Å². The molecule has 0 aliphatic rings. The van der Waals surface area contributed by atoms with Crippen LogP contribution in [-0.2, 0) is 9.47 Å². The fraction of sp³-hybridized carbons (Fsp3) is 0.158. The molecule has 0 unspecified atom stereocenters. The lowest BCUT2D eigenvalue weighted by Crippen LogP contribution is -2.13. The van der Waals surface area contributed by atoms with Crippen molar-refractivity contribution in [3.8, 4) is 0 Å². The maximum Gasteiger partial charge on any atom is 0.338 e. The molecule has 5 aromatic carbocycles. The predicted octanol–water partition coefficient (Wildman–Crippen LogP) is 9.60. The lowest BCUT2D eigenvalue weighted by Gasteiger charge is -2.28. The summed E-state index contributed by atoms with van der Waals surface area (Å²) in [6, 6.07) is 39.7. The molecule has 0 heterocycles. The molecule has 222 valence electrons. The van der Waals surface area contributed by atoms with E-state index in [1.807, 2.05) is 36.4 Å². The van der Waals surface area contributed by atoms with Gasteiger partial charge >= 0.3 is 11.9 Å². The van der Waals surface area contributed by atoms with Crippen molar-refractivity contribution < 1.29 is 19.1 Å². The van der Waals surface area contributed by atoms with Gasteiger partial charge in [-0.05, 0) is 113 Å². The van der Waals surface area contributed by atoms with E-state index in [2.05, 4.69) is 96.4 Å². The maximum absolute atomic E-state index is 12.6. The van der Waals surface area contributed by atoms with E-state index in [0.29, 0.717) is 24.3 Å². The second-order valence-corrected chi connectivity index (χ2v) is 10.4. The summed E-state index contributed by atoms with van der Waals surface area (Å²) in [6.45, 7) is 8.34. The Hall–Kier alpha value is -5.36. The second kappa shape index (κ2) is 13.7. The van der Waals surface area contributed by atoms with E-state index in [1.165, 1.54) is 0 Å². The number of hydrogen-bond acceptors (Lipinski definition) is 6. The van der Waals surface area contributed by atoms with Crippen LogP contribution in [-0.4, -0.2) is 25.2 Å². The number of anilines is 6. The molecule has 0 bridgehead atoms. The van der Waals surface area contributed by atoms with Crippen LogP contribution in [0.15, 0.2) is 121 Å². The summed E-state index contributed by atoms with van der Waals surface area (Å²) >= 11 is 0. The Morgan fingerprint density at radius 1 is 0.477 bits per heavy atom. The molecule has 5 rings (SSSR count). The minimum atomic E-state index is -0.354. The first-order valence-electron chi connectivity index (χ1n) is 14.8. The Labute approximate surface area is 259 Å². The van der Waals surface area contributed by atoms with Gasteiger partial charge in [-0.3, -0.25) is 0 Å². The van der Waals surface area contributed by atoms with Crippen molar-refractivity contribution in [1.29, 1.82) is 0 Å². The SMILES string of the molecule is CCOC(=O)c1cccc(N(c2ccc(C)cc2)c2ccc(N(c3ccc(C)cc3)c3cccc(C(=O)OCC)c3)cc2)c1. The molecule has 0 atom stereocenters. The van der Waals surface area contributed by atoms with Crippen LogP contribution in [0.1, 0.15) is 45.7 Å². The van der Waals surface area contributed by atoms with Crippen molar-refractivity contribution in [3.63, 3.8) is 0 Å². The number of benzene rings is 5. The summed E-state index contributed by atoms with van der Waals surface area (Å²) in [4.78, 5) is 29.4. The number of rotatable bonds is 10. The van der Waals surface area contributed by atoms with Crippen LogP contribution in [0.4, 0.5) is 34.1 Å². The highest BCUT2D eigenvalue weighted by Crippen LogP contribution is 2.39. The van der Waals surface area contributed by atoms with Gasteiger partial charge in [0, 0.05) is 34.1 Å². The Balaban J connectivity index is 1.58. The van der Waals surface area contributed by atoms with E-state index in [4.69, 9.17) is 9.47 Å². The van der Waals surface area contributed by atoms with Crippen molar-refractivity contribution in [3.05, 3.63) is 144 Å². The molecule has 0 aliphatic heterocycles. The standard InChI is InChI=1S/C38H36N2O4/c1-5-43-37(41)29-9-7-11-35(25-29)39(31-17-13-27(3)14-18-31)33-21-23-34(24-22-33)40(32-19-15-28(4)16-20-32)36-12-8-10-30(26-36)38(42)44-6-2/h7-26H,5-6H2,1-4H3. The first kappa shape index (κ1) is 30.1. The zero-order valence-electron chi connectivity index (χ0n) is 25.5. The normalized spacial score (nSPS) is 10.6. The lowest BCUT2D eigenvalue weighted by atomic mass is 10.1. The molecule has 0 saturated heterocycles. The first-order chi connectivity index (χ1) is 21.4. The van der Waals surface area contributed by atoms with E-state index in [9.17, 15) is 9.59 Å². The Bertz CT molecular complexity index is 1600. The fourth-order valence-corrected chi connectivity index (χ4v) is 5.01. The Morgan fingerprint density at radius 2 is 0.795 bits per heavy atom. The average molecular weight is 585 g/mol. The predicted molar refractivity (Wildman–Crippen MR) is 177 cm³/mol. The highest BCUT2D eigenvalue weighted by Gasteiger charge is 2.18. The quantitative estimate of drug-likeness (QED) is 0.152. The van der Waals surface area contributed by atoms with E-state index in [0.717, 1.165) is 45.3 Å². The summed E-state index contributed by atoms with van der Waals surface area (Å²) in [5, 5.41) is 0. The van der Waals surface area contributed by atoms with Gasteiger partial charge in [-0.25, -0.2) is 9.59 Å². The third-order valence-electron chi connectivity index (χ3n) is 7.18. The van der Waals surface area contributed by atoms with Crippen LogP contribution in [0.25, 0.3) is 0 Å². The van der Waals surface area contributed by atoms with Gasteiger partial charge in [0.1, 0.15) is 0 Å². The van der Waals surface area contributed by atoms with Gasteiger partial charge < -0.3 is 19.3 Å². The summed E-state index contributed by atoms with van der Waals surface area (Å²) in [7, 11) is 0. The first-order valence-corrected chi connectivity index (χ1v) is 14.8. The summed E-state index contributed by atoms with van der Waals surface area (Å²) in [6.07, 6.45) is 0. The van der Waals surface area contributed by atoms with Crippen LogP contribution in [0.5, 0.6) is 0 Å². The Kier molecular flexibility index (Phi) is 9.40. The molecule has 0 amide bonds. The van der Waals surface area contributed by atoms with Crippen molar-refractivity contribution >= 4 is 46.1 Å². The minimum absolute atomic E-state index is 0.312. The third-order valence-corrected chi connectivity index (χ3v) is 7.18. The highest BCUT2D eigenvalue weighted by molar-refractivity contribution is 5.93. The number of aryl methyl sites for hydroxylation is 2. The second-order valence-electron chi connectivity index (χ2n) is 10.4. The number of esters is 2. The number of ether oxygens (including phenoxy) is 2. The van der Waals surface area contributed by atoms with Crippen molar-refractivity contribution in [2.24, 2.45) is 0 Å². The van der Waals surface area contributed by atoms with Gasteiger partial charge in [0.15, 0.2) is 0 Å². The van der Waals surface area contributed by atoms with E-state index >= 15 is 0 Å². The van der Waals surface area contributed by atoms with Crippen molar-refractivity contribution in [1.82, 2.24) is 0 Å². The van der Waals surface area contributed by atoms with E-state index in [-0.39, 0.29) is 11.9 Å². The van der Waals surface area contributed by atoms with Gasteiger partial charge in [0.25, 0.3) is 0 Å². The number of carbonyl (C=O) groups excluding carboxylic acids is 2. The largest absolute Gasteiger partial charge is 0.462 e. The number of carbonyl (C=O) groups is 2. The summed E-state index contributed by atoms with van der Waals surface area (Å²) < 4.78 is 10.5. The highest BCUT2D eigenvalue weighted by atomic mass is 16.5. The monoisotopic (exact) mass is 584 g/mol. The number of hydrogen-bond donors (Lipinski definition) is 0. The molecule has 0 spiro atoms. The zero-order chi connectivity index (χ0) is 31.1. The average Bonchev–Trinajstić information content (AvgIpc) is 3.04. The van der Waals surface area contributed by atoms with E-state index < -0.39 is 0 Å². The van der Waals surface area contributed by atoms with E-state index in [1.54, 1.807) is 26.0 Å². The van der Waals surface area contributed by atoms with Gasteiger partial charge in [-0.1, -0.05) is 47.5 Å². The topological polar surface area (TPSA) is 59.1 Å². The fourth-order valence-electron chi connectivity index (χ4n) is 5.01. The molecule has 0 fully saturated rings. The van der Waals surface area contributed by atoms with Crippen molar-refractivity contribution in [2.45, 2.75) is 27.7 Å². The van der Waals surface area contributed by atoms with Gasteiger partial charge in [0.05, 0.1) is 24.3 Å². The van der Waals surface area contributed by atoms with Crippen molar-refractivity contribution in [2.75, 3.05) is 23.0 Å². The molecule has 44 heavy (non-hydrogen) atoms. The zero-order valence-corrected chi connectivity index (χ0v) is 25.5. The lowest BCUT2D eigenvalue weighted by molar-refractivity contribution is 0.0517. The molecule has 0 saturated carbocycles. The smallest absolute Gasteiger partial charge is 0.338 e. The van der Waals surface area contributed by atoms with Crippen LogP contribution < -0.4 is 9.80 Å². The molecule has 6 nitrogen and oxygen atoms in total. The van der Waals surface area contributed by atoms with Crippen LogP contribution >= 0.6 is 0 Å². The maximum atomic E-state index is 12.6. The molecule has 0 radical (unpaired) electrons. The molecule has 0 aromatic heterocycles. The molecule has 0 N–H and O–H groups in total. The molecular formula is C38H36N2O4. The van der Waals surface area contributed by atoms with Crippen LogP contribution in [0.2, 0.25) is 0 Å². The summed E-state index contributed by atoms with van der Waals surface area (Å²) in [5.74, 6) is -0.709. The molecule has 0 aliphatic carbocycles. The summed E-state index contributed by atoms with van der Waals surface area (Å²) in [5.41, 5.74) is 8.73. The van der Waals surface area contributed by atoms with Gasteiger partial charge in [0.2, 0.25) is 0 Å². The third kappa shape index (κ3) is 6.81. The Morgan fingerprint density at radius 3 is 1.11 bits per heavy atom. The van der Waals surface area contributed by atoms with Gasteiger partial charge in [-0.15, -0.1) is 0 Å². The molecule has 5 aromatic rings.